The van der Waals surface area contributed by atoms with Crippen LogP contribution in [0.15, 0.2) is 0 Å². The van der Waals surface area contributed by atoms with Crippen LogP contribution in [0.2, 0.25) is 0 Å². The van der Waals surface area contributed by atoms with Crippen LogP contribution < -0.4 is 5.32 Å². The van der Waals surface area contributed by atoms with Gasteiger partial charge in [-0.2, -0.15) is 0 Å². The van der Waals surface area contributed by atoms with Gasteiger partial charge in [0.15, 0.2) is 0 Å². The molecule has 0 aromatic carbocycles. The summed E-state index contributed by atoms with van der Waals surface area (Å²) in [7, 11) is 0. The van der Waals surface area contributed by atoms with E-state index in [-0.39, 0.29) is 11.3 Å². The lowest BCUT2D eigenvalue weighted by atomic mass is 9.92. The van der Waals surface area contributed by atoms with E-state index in [4.69, 9.17) is 0 Å². The lowest BCUT2D eigenvalue weighted by molar-refractivity contribution is -0.122. The smallest absolute Gasteiger partial charge is 0.220 e. The van der Waals surface area contributed by atoms with Gasteiger partial charge in [0.05, 0.1) is 0 Å². The summed E-state index contributed by atoms with van der Waals surface area (Å²) in [4.78, 5) is 10.9. The summed E-state index contributed by atoms with van der Waals surface area (Å²) >= 11 is 0. The van der Waals surface area contributed by atoms with Crippen molar-refractivity contribution in [2.75, 3.05) is 6.54 Å². The SMILES string of the molecule is [CH2]CNC(=O)CC(C)(C)C. The van der Waals surface area contributed by atoms with Gasteiger partial charge in [-0.05, 0) is 12.3 Å². The molecular formula is C8H16NO. The van der Waals surface area contributed by atoms with Gasteiger partial charge in [0.25, 0.3) is 0 Å². The van der Waals surface area contributed by atoms with Gasteiger partial charge in [-0.3, -0.25) is 4.79 Å². The lowest BCUT2D eigenvalue weighted by Crippen LogP contribution is -2.27. The van der Waals surface area contributed by atoms with Gasteiger partial charge >= 0.3 is 0 Å². The van der Waals surface area contributed by atoms with Crippen molar-refractivity contribution in [1.82, 2.24) is 5.32 Å². The minimum Gasteiger partial charge on any atom is -0.356 e. The zero-order chi connectivity index (χ0) is 8.20. The van der Waals surface area contributed by atoms with Gasteiger partial charge in [0.1, 0.15) is 0 Å². The van der Waals surface area contributed by atoms with E-state index in [1.54, 1.807) is 0 Å². The number of carbonyl (C=O) groups excluding carboxylic acids is 1. The molecule has 1 N–H and O–H groups in total. The highest BCUT2D eigenvalue weighted by Crippen LogP contribution is 2.17. The van der Waals surface area contributed by atoms with Crippen molar-refractivity contribution in [2.45, 2.75) is 27.2 Å². The molecule has 0 aliphatic carbocycles. The van der Waals surface area contributed by atoms with Crippen LogP contribution in [0.25, 0.3) is 0 Å². The summed E-state index contributed by atoms with van der Waals surface area (Å²) in [6.07, 6.45) is 0.572. The predicted molar refractivity (Wildman–Crippen MR) is 42.4 cm³/mol. The second-order valence-electron chi connectivity index (χ2n) is 3.59. The summed E-state index contributed by atoms with van der Waals surface area (Å²) in [5.41, 5.74) is 0.0826. The van der Waals surface area contributed by atoms with Crippen LogP contribution in [-0.4, -0.2) is 12.5 Å². The normalized spacial score (nSPS) is 11.2. The first-order valence-electron chi connectivity index (χ1n) is 3.51. The van der Waals surface area contributed by atoms with Crippen LogP contribution in [0, 0.1) is 12.3 Å². The molecule has 2 heteroatoms. The Hall–Kier alpha value is -0.530. The molecule has 0 saturated heterocycles. The Morgan fingerprint density at radius 2 is 2.00 bits per heavy atom. The number of hydrogen-bond acceptors (Lipinski definition) is 1. The molecule has 0 aliphatic heterocycles. The molecule has 0 spiro atoms. The first-order chi connectivity index (χ1) is 4.45. The van der Waals surface area contributed by atoms with Gasteiger partial charge < -0.3 is 5.32 Å². The van der Waals surface area contributed by atoms with Gasteiger partial charge in [0.2, 0.25) is 5.91 Å². The molecule has 2 nitrogen and oxygen atoms in total. The van der Waals surface area contributed by atoms with E-state index in [1.165, 1.54) is 0 Å². The van der Waals surface area contributed by atoms with E-state index in [1.807, 2.05) is 20.8 Å². The molecule has 0 atom stereocenters. The van der Waals surface area contributed by atoms with E-state index in [0.717, 1.165) is 0 Å². The maximum absolute atomic E-state index is 10.9. The number of nitrogens with one attached hydrogen (secondary N) is 1. The Kier molecular flexibility index (Phi) is 3.40. The average Bonchev–Trinajstić information content (AvgIpc) is 1.59. The van der Waals surface area contributed by atoms with Gasteiger partial charge in [-0.25, -0.2) is 0 Å². The van der Waals surface area contributed by atoms with Crippen LogP contribution in [-0.2, 0) is 4.79 Å². The molecular weight excluding hydrogens is 126 g/mol. The molecule has 0 aliphatic rings. The largest absolute Gasteiger partial charge is 0.356 e. The molecule has 10 heavy (non-hydrogen) atoms. The van der Waals surface area contributed by atoms with Gasteiger partial charge in [-0.15, -0.1) is 0 Å². The molecule has 1 amide bonds. The molecule has 0 bridgehead atoms. The maximum atomic E-state index is 10.9. The lowest BCUT2D eigenvalue weighted by Gasteiger charge is -2.16. The van der Waals surface area contributed by atoms with Gasteiger partial charge in [0, 0.05) is 13.0 Å². The highest BCUT2D eigenvalue weighted by molar-refractivity contribution is 5.76. The highest BCUT2D eigenvalue weighted by atomic mass is 16.1. The Labute approximate surface area is 63.0 Å². The molecule has 0 heterocycles. The Morgan fingerprint density at radius 1 is 1.50 bits per heavy atom. The number of rotatable bonds is 2. The van der Waals surface area contributed by atoms with E-state index in [9.17, 15) is 4.79 Å². The zero-order valence-electron chi connectivity index (χ0n) is 7.03. The van der Waals surface area contributed by atoms with E-state index < -0.39 is 0 Å². The maximum Gasteiger partial charge on any atom is 0.220 e. The standard InChI is InChI=1S/C8H16NO/c1-5-9-7(10)6-8(2,3)4/h1,5-6H2,2-4H3,(H,9,10). The first-order valence-corrected chi connectivity index (χ1v) is 3.51. The van der Waals surface area contributed by atoms with Crippen molar-refractivity contribution in [3.05, 3.63) is 6.92 Å². The van der Waals surface area contributed by atoms with Crippen molar-refractivity contribution in [2.24, 2.45) is 5.41 Å². The third-order valence-electron chi connectivity index (χ3n) is 1.01. The zero-order valence-corrected chi connectivity index (χ0v) is 7.03. The monoisotopic (exact) mass is 142 g/mol. The predicted octanol–water partition coefficient (Wildman–Crippen LogP) is 1.37. The molecule has 1 radical (unpaired) electrons. The van der Waals surface area contributed by atoms with Crippen molar-refractivity contribution in [3.8, 4) is 0 Å². The summed E-state index contributed by atoms with van der Waals surface area (Å²) in [6, 6.07) is 0. The summed E-state index contributed by atoms with van der Waals surface area (Å²) in [5, 5.41) is 2.65. The minimum absolute atomic E-state index is 0.0826. The molecule has 0 unspecified atom stereocenters. The number of hydrogen-bond donors (Lipinski definition) is 1. The highest BCUT2D eigenvalue weighted by Gasteiger charge is 2.14. The van der Waals surface area contributed by atoms with Crippen LogP contribution in [0.3, 0.4) is 0 Å². The molecule has 0 fully saturated rings. The minimum atomic E-state index is 0.0826. The summed E-state index contributed by atoms with van der Waals surface area (Å²) < 4.78 is 0. The van der Waals surface area contributed by atoms with Crippen molar-refractivity contribution >= 4 is 5.91 Å². The van der Waals surface area contributed by atoms with E-state index >= 15 is 0 Å². The van der Waals surface area contributed by atoms with Crippen LogP contribution in [0.1, 0.15) is 27.2 Å². The molecule has 0 aromatic rings. The fourth-order valence-corrected chi connectivity index (χ4v) is 0.684. The van der Waals surface area contributed by atoms with Crippen molar-refractivity contribution in [1.29, 1.82) is 0 Å². The number of amides is 1. The van der Waals surface area contributed by atoms with Crippen LogP contribution >= 0.6 is 0 Å². The fraction of sp³-hybridized carbons (Fsp3) is 0.750. The van der Waals surface area contributed by atoms with Crippen molar-refractivity contribution in [3.63, 3.8) is 0 Å². The second-order valence-corrected chi connectivity index (χ2v) is 3.59. The van der Waals surface area contributed by atoms with Crippen molar-refractivity contribution < 1.29 is 4.79 Å². The topological polar surface area (TPSA) is 29.1 Å². The summed E-state index contributed by atoms with van der Waals surface area (Å²) in [5.74, 6) is 0.0856. The molecule has 0 saturated carbocycles. The number of carbonyl (C=O) groups is 1. The van der Waals surface area contributed by atoms with E-state index in [0.29, 0.717) is 13.0 Å². The molecule has 59 valence electrons. The summed E-state index contributed by atoms with van der Waals surface area (Å²) in [6.45, 7) is 10.1. The Bertz CT molecular complexity index is 113. The Morgan fingerprint density at radius 3 is 2.30 bits per heavy atom. The fourth-order valence-electron chi connectivity index (χ4n) is 0.684. The molecule has 0 rings (SSSR count). The van der Waals surface area contributed by atoms with Crippen LogP contribution in [0.4, 0.5) is 0 Å². The second kappa shape index (κ2) is 3.59. The quantitative estimate of drug-likeness (QED) is 0.620. The van der Waals surface area contributed by atoms with E-state index in [2.05, 4.69) is 12.2 Å². The van der Waals surface area contributed by atoms with Crippen LogP contribution in [0.5, 0.6) is 0 Å². The average molecular weight is 142 g/mol. The third kappa shape index (κ3) is 5.60. The third-order valence-corrected chi connectivity index (χ3v) is 1.01. The van der Waals surface area contributed by atoms with Gasteiger partial charge in [-0.1, -0.05) is 20.8 Å². The Balaban J connectivity index is 3.58. The molecule has 0 aromatic heterocycles. The first kappa shape index (κ1) is 9.47.